The summed E-state index contributed by atoms with van der Waals surface area (Å²) < 4.78 is 5.08. The van der Waals surface area contributed by atoms with Crippen molar-refractivity contribution < 1.29 is 9.53 Å². The second-order valence-electron chi connectivity index (χ2n) is 6.97. The van der Waals surface area contributed by atoms with E-state index in [0.717, 1.165) is 44.7 Å². The van der Waals surface area contributed by atoms with Crippen molar-refractivity contribution in [1.29, 1.82) is 0 Å². The Kier molecular flexibility index (Phi) is 7.81. The van der Waals surface area contributed by atoms with E-state index < -0.39 is 0 Å². The minimum Gasteiger partial charge on any atom is -0.450 e. The fraction of sp³-hybridized carbons (Fsp3) is 0.889. The van der Waals surface area contributed by atoms with Crippen LogP contribution in [0, 0.1) is 0 Å². The van der Waals surface area contributed by atoms with Gasteiger partial charge in [-0.1, -0.05) is 0 Å². The molecule has 2 aliphatic rings. The average Bonchev–Trinajstić information content (AvgIpc) is 3.42. The molecule has 144 valence electrons. The molecule has 0 aromatic rings. The van der Waals surface area contributed by atoms with Gasteiger partial charge in [-0.05, 0) is 40.5 Å². The molecular weight excluding hydrogens is 318 g/mol. The van der Waals surface area contributed by atoms with E-state index in [-0.39, 0.29) is 6.09 Å². The van der Waals surface area contributed by atoms with E-state index in [2.05, 4.69) is 35.9 Å². The van der Waals surface area contributed by atoms with Gasteiger partial charge in [0.1, 0.15) is 0 Å². The maximum atomic E-state index is 11.8. The Balaban J connectivity index is 1.84. The Morgan fingerprint density at radius 1 is 1.20 bits per heavy atom. The quantitative estimate of drug-likeness (QED) is 0.556. The SMILES string of the molecule is CCNC(=NCCN(C(C)C)C1CC1)N1CCN(C(=O)OCC)CC1. The second-order valence-corrected chi connectivity index (χ2v) is 6.97. The Bertz CT molecular complexity index is 441. The molecule has 0 aromatic carbocycles. The monoisotopic (exact) mass is 353 g/mol. The standard InChI is InChI=1S/C18H35N5O2/c1-5-19-17(20-9-10-23(15(3)4)16-7-8-16)21-11-13-22(14-12-21)18(24)25-6-2/h15-16H,5-14H2,1-4H3,(H,19,20). The van der Waals surface area contributed by atoms with Crippen molar-refractivity contribution in [1.82, 2.24) is 20.0 Å². The summed E-state index contributed by atoms with van der Waals surface area (Å²) in [6.07, 6.45) is 2.45. The van der Waals surface area contributed by atoms with Crippen LogP contribution in [0.4, 0.5) is 4.79 Å². The molecule has 0 bridgehead atoms. The molecule has 1 heterocycles. The van der Waals surface area contributed by atoms with E-state index in [1.165, 1.54) is 12.8 Å². The highest BCUT2D eigenvalue weighted by atomic mass is 16.6. The molecule has 7 nitrogen and oxygen atoms in total. The average molecular weight is 354 g/mol. The van der Waals surface area contributed by atoms with E-state index in [4.69, 9.17) is 9.73 Å². The van der Waals surface area contributed by atoms with Crippen LogP contribution in [0.1, 0.15) is 40.5 Å². The molecule has 0 aromatic heterocycles. The normalized spacial score (nSPS) is 18.9. The number of carbonyl (C=O) groups is 1. The van der Waals surface area contributed by atoms with Gasteiger partial charge < -0.3 is 19.9 Å². The maximum Gasteiger partial charge on any atom is 0.409 e. The Hall–Kier alpha value is -1.50. The number of amides is 1. The smallest absolute Gasteiger partial charge is 0.409 e. The summed E-state index contributed by atoms with van der Waals surface area (Å²) in [6, 6.07) is 1.35. The van der Waals surface area contributed by atoms with Gasteiger partial charge in [0.15, 0.2) is 5.96 Å². The first-order chi connectivity index (χ1) is 12.1. The van der Waals surface area contributed by atoms with E-state index in [9.17, 15) is 4.79 Å². The summed E-state index contributed by atoms with van der Waals surface area (Å²) in [5.74, 6) is 0.963. The lowest BCUT2D eigenvalue weighted by Gasteiger charge is -2.36. The molecule has 0 spiro atoms. The van der Waals surface area contributed by atoms with E-state index >= 15 is 0 Å². The first-order valence-corrected chi connectivity index (χ1v) is 9.77. The van der Waals surface area contributed by atoms with Gasteiger partial charge >= 0.3 is 6.09 Å². The Morgan fingerprint density at radius 2 is 1.84 bits per heavy atom. The van der Waals surface area contributed by atoms with Crippen molar-refractivity contribution in [3.8, 4) is 0 Å². The van der Waals surface area contributed by atoms with Crippen LogP contribution in [0.5, 0.6) is 0 Å². The molecule has 1 saturated heterocycles. The zero-order valence-corrected chi connectivity index (χ0v) is 16.3. The van der Waals surface area contributed by atoms with Crippen LogP contribution in [0.2, 0.25) is 0 Å². The van der Waals surface area contributed by atoms with Crippen molar-refractivity contribution in [2.24, 2.45) is 4.99 Å². The van der Waals surface area contributed by atoms with Crippen molar-refractivity contribution in [3.63, 3.8) is 0 Å². The molecule has 1 amide bonds. The minimum absolute atomic E-state index is 0.207. The number of ether oxygens (including phenoxy) is 1. The van der Waals surface area contributed by atoms with Crippen LogP contribution in [0.15, 0.2) is 4.99 Å². The summed E-state index contributed by atoms with van der Waals surface area (Å²) in [5.41, 5.74) is 0. The molecule has 0 radical (unpaired) electrons. The van der Waals surface area contributed by atoms with Crippen LogP contribution in [0.3, 0.4) is 0 Å². The zero-order chi connectivity index (χ0) is 18.2. The van der Waals surface area contributed by atoms with Crippen LogP contribution < -0.4 is 5.32 Å². The lowest BCUT2D eigenvalue weighted by Crippen LogP contribution is -2.54. The van der Waals surface area contributed by atoms with Gasteiger partial charge in [-0.15, -0.1) is 0 Å². The lowest BCUT2D eigenvalue weighted by molar-refractivity contribution is 0.0914. The van der Waals surface area contributed by atoms with E-state index in [0.29, 0.717) is 25.7 Å². The second kappa shape index (κ2) is 9.85. The number of hydrogen-bond acceptors (Lipinski definition) is 4. The summed E-state index contributed by atoms with van der Waals surface area (Å²) in [6.45, 7) is 14.5. The maximum absolute atomic E-state index is 11.8. The molecule has 1 aliphatic carbocycles. The van der Waals surface area contributed by atoms with Gasteiger partial charge in [0, 0.05) is 51.4 Å². The van der Waals surface area contributed by atoms with Crippen molar-refractivity contribution in [3.05, 3.63) is 0 Å². The number of nitrogens with one attached hydrogen (secondary N) is 1. The molecule has 1 aliphatic heterocycles. The van der Waals surface area contributed by atoms with Gasteiger partial charge in [0.05, 0.1) is 13.2 Å². The van der Waals surface area contributed by atoms with Gasteiger partial charge in [-0.25, -0.2) is 4.79 Å². The molecule has 1 saturated carbocycles. The topological polar surface area (TPSA) is 60.4 Å². The molecular formula is C18H35N5O2. The van der Waals surface area contributed by atoms with Crippen LogP contribution in [-0.2, 0) is 4.74 Å². The van der Waals surface area contributed by atoms with Crippen LogP contribution >= 0.6 is 0 Å². The number of nitrogens with zero attached hydrogens (tertiary/aromatic N) is 4. The Labute approximate surface area is 152 Å². The molecule has 0 unspecified atom stereocenters. The molecule has 25 heavy (non-hydrogen) atoms. The summed E-state index contributed by atoms with van der Waals surface area (Å²) in [5, 5.41) is 3.39. The predicted octanol–water partition coefficient (Wildman–Crippen LogP) is 1.60. The van der Waals surface area contributed by atoms with Crippen molar-refractivity contribution in [2.45, 2.75) is 52.6 Å². The highest BCUT2D eigenvalue weighted by Crippen LogP contribution is 2.28. The molecule has 7 heteroatoms. The fourth-order valence-electron chi connectivity index (χ4n) is 3.28. The first kappa shape index (κ1) is 19.8. The summed E-state index contributed by atoms with van der Waals surface area (Å²) in [4.78, 5) is 23.2. The zero-order valence-electron chi connectivity index (χ0n) is 16.3. The van der Waals surface area contributed by atoms with Crippen molar-refractivity contribution >= 4 is 12.1 Å². The number of carbonyl (C=O) groups excluding carboxylic acids is 1. The number of piperazine rings is 1. The van der Waals surface area contributed by atoms with Gasteiger partial charge in [-0.2, -0.15) is 0 Å². The first-order valence-electron chi connectivity index (χ1n) is 9.77. The lowest BCUT2D eigenvalue weighted by atomic mass is 10.3. The summed E-state index contributed by atoms with van der Waals surface area (Å²) >= 11 is 0. The van der Waals surface area contributed by atoms with Crippen LogP contribution in [0.25, 0.3) is 0 Å². The number of guanidine groups is 1. The van der Waals surface area contributed by atoms with Crippen LogP contribution in [-0.4, -0.2) is 91.3 Å². The fourth-order valence-corrected chi connectivity index (χ4v) is 3.28. The third-order valence-corrected chi connectivity index (χ3v) is 4.74. The molecule has 0 atom stereocenters. The van der Waals surface area contributed by atoms with E-state index in [1.807, 2.05) is 6.92 Å². The summed E-state index contributed by atoms with van der Waals surface area (Å²) in [7, 11) is 0. The third kappa shape index (κ3) is 6.06. The van der Waals surface area contributed by atoms with Gasteiger partial charge in [0.2, 0.25) is 0 Å². The molecule has 1 N–H and O–H groups in total. The highest BCUT2D eigenvalue weighted by molar-refractivity contribution is 5.80. The van der Waals surface area contributed by atoms with E-state index in [1.54, 1.807) is 4.90 Å². The van der Waals surface area contributed by atoms with Gasteiger partial charge in [0.25, 0.3) is 0 Å². The Morgan fingerprint density at radius 3 is 2.36 bits per heavy atom. The largest absolute Gasteiger partial charge is 0.450 e. The number of hydrogen-bond donors (Lipinski definition) is 1. The molecule has 2 rings (SSSR count). The predicted molar refractivity (Wildman–Crippen MR) is 101 cm³/mol. The number of aliphatic imine (C=N–C) groups is 1. The van der Waals surface area contributed by atoms with Crippen molar-refractivity contribution in [2.75, 3.05) is 52.4 Å². The van der Waals surface area contributed by atoms with Gasteiger partial charge in [-0.3, -0.25) is 9.89 Å². The minimum atomic E-state index is -0.207. The number of rotatable bonds is 7. The highest BCUT2D eigenvalue weighted by Gasteiger charge is 2.30. The third-order valence-electron chi connectivity index (χ3n) is 4.74. The molecule has 2 fully saturated rings.